The highest BCUT2D eigenvalue weighted by atomic mass is 16.5. The highest BCUT2D eigenvalue weighted by molar-refractivity contribution is 5.82. The Morgan fingerprint density at radius 2 is 2.12 bits per heavy atom. The van der Waals surface area contributed by atoms with Crippen LogP contribution in [-0.4, -0.2) is 23.7 Å². The number of carbonyl (C=O) groups is 1. The van der Waals surface area contributed by atoms with E-state index in [-0.39, 0.29) is 11.5 Å². The lowest BCUT2D eigenvalue weighted by Crippen LogP contribution is -2.44. The van der Waals surface area contributed by atoms with Gasteiger partial charge in [0.25, 0.3) is 0 Å². The summed E-state index contributed by atoms with van der Waals surface area (Å²) >= 11 is 0. The van der Waals surface area contributed by atoms with E-state index in [1.807, 2.05) is 0 Å². The average molecular weight is 332 g/mol. The van der Waals surface area contributed by atoms with Crippen LogP contribution in [0.25, 0.3) is 0 Å². The zero-order valence-corrected chi connectivity index (χ0v) is 15.5. The van der Waals surface area contributed by atoms with E-state index in [0.717, 1.165) is 18.8 Å². The second-order valence-electron chi connectivity index (χ2n) is 9.45. The van der Waals surface area contributed by atoms with Crippen LogP contribution in [0.1, 0.15) is 65.7 Å². The molecule has 134 valence electrons. The largest absolute Gasteiger partial charge is 0.372 e. The molecule has 1 amide bonds. The standard InChI is InChI=1S/C21H33NO2/c1-13-5-4-6-17-19(13)16(20(23)22-17)12-14-7-8-18-15(11-14)9-10-21(2,3)24-18/h4-5,13-19H,6-12H2,1-3H3,(H,22,23). The quantitative estimate of drug-likeness (QED) is 0.774. The second kappa shape index (κ2) is 6.16. The monoisotopic (exact) mass is 331 g/mol. The molecule has 0 spiro atoms. The second-order valence-corrected chi connectivity index (χ2v) is 9.45. The van der Waals surface area contributed by atoms with Gasteiger partial charge in [-0.1, -0.05) is 19.1 Å². The summed E-state index contributed by atoms with van der Waals surface area (Å²) in [5, 5.41) is 3.28. The molecule has 0 aromatic rings. The lowest BCUT2D eigenvalue weighted by Gasteiger charge is -2.46. The van der Waals surface area contributed by atoms with Crippen molar-refractivity contribution in [2.45, 2.75) is 83.5 Å². The lowest BCUT2D eigenvalue weighted by atomic mass is 9.68. The fourth-order valence-corrected chi connectivity index (χ4v) is 5.99. The Hall–Kier alpha value is -0.830. The van der Waals surface area contributed by atoms with Crippen molar-refractivity contribution >= 4 is 5.91 Å². The van der Waals surface area contributed by atoms with E-state index in [1.54, 1.807) is 0 Å². The normalized spacial score (nSPS) is 47.0. The Balaban J connectivity index is 1.39. The van der Waals surface area contributed by atoms with Crippen molar-refractivity contribution in [2.75, 3.05) is 0 Å². The van der Waals surface area contributed by atoms with Crippen LogP contribution in [0.3, 0.4) is 0 Å². The van der Waals surface area contributed by atoms with Crippen molar-refractivity contribution in [3.8, 4) is 0 Å². The molecule has 2 saturated heterocycles. The molecular weight excluding hydrogens is 298 g/mol. The van der Waals surface area contributed by atoms with Crippen LogP contribution < -0.4 is 5.32 Å². The van der Waals surface area contributed by atoms with Crippen LogP contribution in [0.5, 0.6) is 0 Å². The van der Waals surface area contributed by atoms with Gasteiger partial charge in [-0.3, -0.25) is 4.79 Å². The molecule has 2 heterocycles. The average Bonchev–Trinajstić information content (AvgIpc) is 2.84. The van der Waals surface area contributed by atoms with Crippen molar-refractivity contribution in [3.63, 3.8) is 0 Å². The number of hydrogen-bond donors (Lipinski definition) is 1. The van der Waals surface area contributed by atoms with Crippen LogP contribution in [0.4, 0.5) is 0 Å². The van der Waals surface area contributed by atoms with Crippen molar-refractivity contribution < 1.29 is 9.53 Å². The molecule has 7 unspecified atom stereocenters. The van der Waals surface area contributed by atoms with Gasteiger partial charge in [-0.25, -0.2) is 0 Å². The van der Waals surface area contributed by atoms with Crippen molar-refractivity contribution in [3.05, 3.63) is 12.2 Å². The molecule has 24 heavy (non-hydrogen) atoms. The van der Waals surface area contributed by atoms with Gasteiger partial charge in [-0.15, -0.1) is 0 Å². The molecule has 0 bridgehead atoms. The topological polar surface area (TPSA) is 38.3 Å². The number of amides is 1. The van der Waals surface area contributed by atoms with Gasteiger partial charge < -0.3 is 10.1 Å². The molecule has 7 atom stereocenters. The van der Waals surface area contributed by atoms with E-state index in [9.17, 15) is 4.79 Å². The van der Waals surface area contributed by atoms with E-state index < -0.39 is 0 Å². The lowest BCUT2D eigenvalue weighted by molar-refractivity contribution is -0.153. The summed E-state index contributed by atoms with van der Waals surface area (Å²) in [4.78, 5) is 12.6. The van der Waals surface area contributed by atoms with Crippen LogP contribution >= 0.6 is 0 Å². The summed E-state index contributed by atoms with van der Waals surface area (Å²) in [6.45, 7) is 6.75. The minimum Gasteiger partial charge on any atom is -0.372 e. The third kappa shape index (κ3) is 3.05. The summed E-state index contributed by atoms with van der Waals surface area (Å²) in [5.41, 5.74) is 0.0659. The summed E-state index contributed by atoms with van der Waals surface area (Å²) < 4.78 is 6.33. The van der Waals surface area contributed by atoms with E-state index in [1.165, 1.54) is 32.1 Å². The molecule has 3 nitrogen and oxygen atoms in total. The number of carbonyl (C=O) groups excluding carboxylic acids is 1. The van der Waals surface area contributed by atoms with Gasteiger partial charge in [0.15, 0.2) is 0 Å². The fraction of sp³-hybridized carbons (Fsp3) is 0.857. The maximum absolute atomic E-state index is 12.6. The number of nitrogens with one attached hydrogen (secondary N) is 1. The van der Waals surface area contributed by atoms with Crippen LogP contribution in [0.15, 0.2) is 12.2 Å². The molecule has 1 saturated carbocycles. The zero-order chi connectivity index (χ0) is 16.9. The Kier molecular flexibility index (Phi) is 4.27. The first-order chi connectivity index (χ1) is 11.4. The molecule has 2 aliphatic heterocycles. The van der Waals surface area contributed by atoms with Gasteiger partial charge in [0.1, 0.15) is 0 Å². The minimum absolute atomic E-state index is 0.0659. The predicted molar refractivity (Wildman–Crippen MR) is 95.5 cm³/mol. The molecule has 4 aliphatic rings. The Bertz CT molecular complexity index is 526. The highest BCUT2D eigenvalue weighted by Gasteiger charge is 2.47. The molecule has 0 aromatic carbocycles. The van der Waals surface area contributed by atoms with Crippen molar-refractivity contribution in [2.24, 2.45) is 29.6 Å². The summed E-state index contributed by atoms with van der Waals surface area (Å²) in [6, 6.07) is 0.387. The van der Waals surface area contributed by atoms with Crippen LogP contribution in [-0.2, 0) is 9.53 Å². The predicted octanol–water partition coefficient (Wildman–Crippen LogP) is 4.08. The number of fused-ring (bicyclic) bond motifs is 2. The third-order valence-electron chi connectivity index (χ3n) is 7.23. The van der Waals surface area contributed by atoms with E-state index in [0.29, 0.717) is 35.8 Å². The number of allylic oxidation sites excluding steroid dienone is 1. The van der Waals surface area contributed by atoms with Gasteiger partial charge in [0.05, 0.1) is 11.7 Å². The zero-order valence-electron chi connectivity index (χ0n) is 15.5. The SMILES string of the molecule is CC1C=CCC2NC(=O)C(CC3CCC4OC(C)(C)CCC4C3)C12. The Morgan fingerprint density at radius 1 is 1.29 bits per heavy atom. The molecule has 3 heteroatoms. The minimum atomic E-state index is 0.0659. The van der Waals surface area contributed by atoms with Crippen LogP contribution in [0.2, 0.25) is 0 Å². The number of hydrogen-bond acceptors (Lipinski definition) is 2. The van der Waals surface area contributed by atoms with Crippen LogP contribution in [0, 0.1) is 29.6 Å². The van der Waals surface area contributed by atoms with E-state index >= 15 is 0 Å². The van der Waals surface area contributed by atoms with Crippen molar-refractivity contribution in [1.29, 1.82) is 0 Å². The molecule has 2 aliphatic carbocycles. The molecular formula is C21H33NO2. The number of ether oxygens (including phenoxy) is 1. The maximum Gasteiger partial charge on any atom is 0.223 e. The molecule has 4 rings (SSSR count). The first-order valence-corrected chi connectivity index (χ1v) is 10.1. The summed E-state index contributed by atoms with van der Waals surface area (Å²) in [6.07, 6.45) is 13.3. The van der Waals surface area contributed by atoms with E-state index in [4.69, 9.17) is 4.74 Å². The maximum atomic E-state index is 12.6. The van der Waals surface area contributed by atoms with Crippen molar-refractivity contribution in [1.82, 2.24) is 5.32 Å². The molecule has 0 aromatic heterocycles. The summed E-state index contributed by atoms with van der Waals surface area (Å²) in [5.74, 6) is 3.04. The molecule has 0 radical (unpaired) electrons. The molecule has 1 N–H and O–H groups in total. The Labute approximate surface area is 146 Å². The first kappa shape index (κ1) is 16.6. The fourth-order valence-electron chi connectivity index (χ4n) is 5.99. The summed E-state index contributed by atoms with van der Waals surface area (Å²) in [7, 11) is 0. The smallest absolute Gasteiger partial charge is 0.223 e. The van der Waals surface area contributed by atoms with E-state index in [2.05, 4.69) is 38.2 Å². The van der Waals surface area contributed by atoms with Gasteiger partial charge >= 0.3 is 0 Å². The Morgan fingerprint density at radius 3 is 2.96 bits per heavy atom. The highest BCUT2D eigenvalue weighted by Crippen LogP contribution is 2.46. The first-order valence-electron chi connectivity index (χ1n) is 10.1. The third-order valence-corrected chi connectivity index (χ3v) is 7.23. The van der Waals surface area contributed by atoms with Gasteiger partial charge in [0, 0.05) is 12.0 Å². The number of rotatable bonds is 2. The van der Waals surface area contributed by atoms with Gasteiger partial charge in [-0.2, -0.15) is 0 Å². The van der Waals surface area contributed by atoms with Gasteiger partial charge in [-0.05, 0) is 82.5 Å². The van der Waals surface area contributed by atoms with Gasteiger partial charge in [0.2, 0.25) is 5.91 Å². The molecule has 3 fully saturated rings.